The maximum absolute atomic E-state index is 11.8. The van der Waals surface area contributed by atoms with Gasteiger partial charge in [0, 0.05) is 17.1 Å². The van der Waals surface area contributed by atoms with Crippen LogP contribution in [0.1, 0.15) is 11.1 Å². The maximum Gasteiger partial charge on any atom is 0.295 e. The van der Waals surface area contributed by atoms with Crippen molar-refractivity contribution in [2.45, 2.75) is 11.8 Å². The number of aromatic nitrogens is 3. The molecule has 172 valence electrons. The lowest BCUT2D eigenvalue weighted by Gasteiger charge is -2.12. The van der Waals surface area contributed by atoms with Crippen molar-refractivity contribution in [2.75, 3.05) is 16.0 Å². The second-order valence-corrected chi connectivity index (χ2v) is 8.74. The third-order valence-corrected chi connectivity index (χ3v) is 5.65. The van der Waals surface area contributed by atoms with Gasteiger partial charge in [0.2, 0.25) is 17.8 Å². The average molecular weight is 475 g/mol. The zero-order valence-corrected chi connectivity index (χ0v) is 19.0. The van der Waals surface area contributed by atoms with Crippen LogP contribution in [0.3, 0.4) is 0 Å². The largest absolute Gasteiger partial charge is 0.324 e. The van der Waals surface area contributed by atoms with Crippen molar-refractivity contribution in [3.8, 4) is 0 Å². The minimum atomic E-state index is -4.45. The van der Waals surface area contributed by atoms with E-state index in [-0.39, 0.29) is 28.3 Å². The van der Waals surface area contributed by atoms with Gasteiger partial charge in [0.25, 0.3) is 10.1 Å². The van der Waals surface area contributed by atoms with Crippen LogP contribution in [0, 0.1) is 6.92 Å². The molecule has 9 nitrogen and oxygen atoms in total. The first-order valence-electron chi connectivity index (χ1n) is 10.2. The first kappa shape index (κ1) is 22.9. The smallest absolute Gasteiger partial charge is 0.295 e. The first-order chi connectivity index (χ1) is 16.3. The summed E-state index contributed by atoms with van der Waals surface area (Å²) in [6.45, 7) is 5.58. The number of benzene rings is 3. The van der Waals surface area contributed by atoms with Crippen molar-refractivity contribution >= 4 is 51.1 Å². The first-order valence-corrected chi connectivity index (χ1v) is 11.7. The Bertz CT molecular complexity index is 1430. The van der Waals surface area contributed by atoms with E-state index in [2.05, 4.69) is 37.5 Å². The van der Waals surface area contributed by atoms with Gasteiger partial charge in [-0.15, -0.1) is 0 Å². The summed E-state index contributed by atoms with van der Waals surface area (Å²) in [5, 5.41) is 9.25. The number of hydrogen-bond acceptors (Lipinski definition) is 8. The van der Waals surface area contributed by atoms with Gasteiger partial charge in [-0.1, -0.05) is 54.6 Å². The predicted octanol–water partition coefficient (Wildman–Crippen LogP) is 5.30. The van der Waals surface area contributed by atoms with E-state index in [1.54, 1.807) is 6.07 Å². The second-order valence-electron chi connectivity index (χ2n) is 7.35. The molecule has 3 aromatic carbocycles. The van der Waals surface area contributed by atoms with E-state index in [0.29, 0.717) is 5.69 Å². The topological polar surface area (TPSA) is 129 Å². The van der Waals surface area contributed by atoms with Crippen LogP contribution in [0.15, 0.2) is 84.3 Å². The van der Waals surface area contributed by atoms with Gasteiger partial charge in [-0.3, -0.25) is 4.55 Å². The highest BCUT2D eigenvalue weighted by molar-refractivity contribution is 7.86. The fraction of sp³-hybridized carbons (Fsp3) is 0.0417. The Morgan fingerprint density at radius 2 is 1.26 bits per heavy atom. The van der Waals surface area contributed by atoms with Crippen LogP contribution in [-0.2, 0) is 10.1 Å². The van der Waals surface area contributed by atoms with Crippen LogP contribution in [-0.4, -0.2) is 27.9 Å². The summed E-state index contributed by atoms with van der Waals surface area (Å²) < 4.78 is 33.1. The molecule has 4 rings (SSSR count). The van der Waals surface area contributed by atoms with E-state index < -0.39 is 10.1 Å². The van der Waals surface area contributed by atoms with Crippen LogP contribution < -0.4 is 16.0 Å². The average Bonchev–Trinajstić information content (AvgIpc) is 2.80. The maximum atomic E-state index is 11.8. The molecule has 0 saturated carbocycles. The van der Waals surface area contributed by atoms with Gasteiger partial charge >= 0.3 is 0 Å². The predicted molar refractivity (Wildman–Crippen MR) is 134 cm³/mol. The summed E-state index contributed by atoms with van der Waals surface area (Å²) in [5.74, 6) is 0.712. The van der Waals surface area contributed by atoms with Crippen LogP contribution >= 0.6 is 0 Å². The Morgan fingerprint density at radius 1 is 0.765 bits per heavy atom. The molecular weight excluding hydrogens is 452 g/mol. The fourth-order valence-electron chi connectivity index (χ4n) is 3.09. The van der Waals surface area contributed by atoms with Crippen molar-refractivity contribution in [3.63, 3.8) is 0 Å². The molecule has 0 spiro atoms. The number of nitrogens with one attached hydrogen (secondary N) is 3. The van der Waals surface area contributed by atoms with Gasteiger partial charge < -0.3 is 16.0 Å². The minimum absolute atomic E-state index is 0.163. The quantitative estimate of drug-likeness (QED) is 0.251. The third-order valence-electron chi connectivity index (χ3n) is 4.74. The van der Waals surface area contributed by atoms with E-state index in [0.717, 1.165) is 16.9 Å². The second kappa shape index (κ2) is 9.69. The molecule has 0 fully saturated rings. The molecule has 10 heteroatoms. The lowest BCUT2D eigenvalue weighted by atomic mass is 10.2. The zero-order valence-electron chi connectivity index (χ0n) is 18.2. The summed E-state index contributed by atoms with van der Waals surface area (Å²) in [7, 11) is -4.45. The van der Waals surface area contributed by atoms with Crippen LogP contribution in [0.2, 0.25) is 0 Å². The molecule has 0 atom stereocenters. The third kappa shape index (κ3) is 5.74. The number of rotatable bonds is 8. The molecule has 4 aromatic rings. The number of anilines is 6. The van der Waals surface area contributed by atoms with Crippen molar-refractivity contribution in [1.82, 2.24) is 15.0 Å². The van der Waals surface area contributed by atoms with Crippen molar-refractivity contribution in [2.24, 2.45) is 0 Å². The Labute approximate surface area is 197 Å². The molecule has 1 aromatic heterocycles. The van der Waals surface area contributed by atoms with Gasteiger partial charge in [-0.25, -0.2) is 0 Å². The van der Waals surface area contributed by atoms with E-state index in [9.17, 15) is 13.0 Å². The van der Waals surface area contributed by atoms with Crippen molar-refractivity contribution < 1.29 is 13.0 Å². The molecule has 0 unspecified atom stereocenters. The van der Waals surface area contributed by atoms with Crippen molar-refractivity contribution in [1.29, 1.82) is 0 Å². The SMILES string of the molecule is C=Cc1ccc(Nc2nc(Nc3ccccc3)nc(Nc3ccc(C)cc3)n2)cc1S(=O)(=O)O. The molecule has 0 saturated heterocycles. The zero-order chi connectivity index (χ0) is 24.1. The molecular formula is C24H22N6O3S. The Kier molecular flexibility index (Phi) is 6.53. The van der Waals surface area contributed by atoms with E-state index >= 15 is 0 Å². The summed E-state index contributed by atoms with van der Waals surface area (Å²) >= 11 is 0. The van der Waals surface area contributed by atoms with Crippen LogP contribution in [0.4, 0.5) is 34.9 Å². The van der Waals surface area contributed by atoms with Gasteiger partial charge in [-0.2, -0.15) is 23.4 Å². The number of nitrogens with zero attached hydrogens (tertiary/aromatic N) is 3. The summed E-state index contributed by atoms with van der Waals surface area (Å²) in [5.41, 5.74) is 3.32. The molecule has 0 aliphatic heterocycles. The molecule has 4 N–H and O–H groups in total. The normalized spacial score (nSPS) is 11.0. The lowest BCUT2D eigenvalue weighted by Crippen LogP contribution is -2.08. The number of aryl methyl sites for hydroxylation is 1. The molecule has 0 aliphatic rings. The van der Waals surface area contributed by atoms with Gasteiger partial charge in [0.1, 0.15) is 4.90 Å². The van der Waals surface area contributed by atoms with E-state index in [1.807, 2.05) is 61.5 Å². The number of para-hydroxylation sites is 1. The minimum Gasteiger partial charge on any atom is -0.324 e. The highest BCUT2D eigenvalue weighted by Gasteiger charge is 2.16. The Balaban J connectivity index is 1.70. The fourth-order valence-corrected chi connectivity index (χ4v) is 3.82. The summed E-state index contributed by atoms with van der Waals surface area (Å²) in [6, 6.07) is 21.6. The molecule has 1 heterocycles. The molecule has 34 heavy (non-hydrogen) atoms. The lowest BCUT2D eigenvalue weighted by molar-refractivity contribution is 0.483. The molecule has 0 radical (unpaired) electrons. The Morgan fingerprint density at radius 3 is 1.79 bits per heavy atom. The van der Waals surface area contributed by atoms with Gasteiger partial charge in [0.05, 0.1) is 0 Å². The van der Waals surface area contributed by atoms with Crippen LogP contribution in [0.25, 0.3) is 6.08 Å². The monoisotopic (exact) mass is 474 g/mol. The highest BCUT2D eigenvalue weighted by atomic mass is 32.2. The van der Waals surface area contributed by atoms with E-state index in [4.69, 9.17) is 0 Å². The van der Waals surface area contributed by atoms with Crippen molar-refractivity contribution in [3.05, 3.63) is 90.5 Å². The van der Waals surface area contributed by atoms with Crippen LogP contribution in [0.5, 0.6) is 0 Å². The summed E-state index contributed by atoms with van der Waals surface area (Å²) in [6.07, 6.45) is 1.35. The summed E-state index contributed by atoms with van der Waals surface area (Å²) in [4.78, 5) is 13.0. The molecule has 0 aliphatic carbocycles. The van der Waals surface area contributed by atoms with E-state index in [1.165, 1.54) is 18.2 Å². The number of hydrogen-bond donors (Lipinski definition) is 4. The molecule has 0 bridgehead atoms. The molecule has 0 amide bonds. The highest BCUT2D eigenvalue weighted by Crippen LogP contribution is 2.25. The standard InChI is InChI=1S/C24H22N6O3S/c1-3-17-11-14-20(15-21(17)34(31,32)33)27-24-29-22(25-18-7-5-4-6-8-18)28-23(30-24)26-19-12-9-16(2)10-13-19/h3-15H,1H2,2H3,(H,31,32,33)(H3,25,26,27,28,29,30). The van der Waals surface area contributed by atoms with Gasteiger partial charge in [-0.05, 0) is 48.9 Å². The van der Waals surface area contributed by atoms with Gasteiger partial charge in [0.15, 0.2) is 0 Å². The Hall–Kier alpha value is -4.28.